The largest absolute Gasteiger partial charge is 0.490 e. The monoisotopic (exact) mass is 323 g/mol. The average Bonchev–Trinajstić information content (AvgIpc) is 2.50. The second kappa shape index (κ2) is 9.71. The molecule has 6 nitrogen and oxygen atoms in total. The van der Waals surface area contributed by atoms with Gasteiger partial charge in [0.15, 0.2) is 18.1 Å². The number of amides is 1. The summed E-state index contributed by atoms with van der Waals surface area (Å²) >= 11 is 0. The number of hydrogen-bond acceptors (Lipinski definition) is 4. The van der Waals surface area contributed by atoms with Gasteiger partial charge in [0.25, 0.3) is 5.91 Å². The minimum Gasteiger partial charge on any atom is -0.490 e. The van der Waals surface area contributed by atoms with E-state index in [1.807, 2.05) is 26.8 Å². The van der Waals surface area contributed by atoms with Crippen molar-refractivity contribution in [3.63, 3.8) is 0 Å². The van der Waals surface area contributed by atoms with Crippen LogP contribution in [0.15, 0.2) is 24.3 Å². The Morgan fingerprint density at radius 1 is 1.17 bits per heavy atom. The Morgan fingerprint density at radius 2 is 1.78 bits per heavy atom. The second-order valence-electron chi connectivity index (χ2n) is 5.64. The summed E-state index contributed by atoms with van der Waals surface area (Å²) in [6.45, 7) is 6.18. The smallest absolute Gasteiger partial charge is 0.308 e. The summed E-state index contributed by atoms with van der Waals surface area (Å²) in [5.41, 5.74) is 0. The number of carbonyl (C=O) groups is 2. The number of carbonyl (C=O) groups excluding carboxylic acids is 1. The maximum Gasteiger partial charge on any atom is 0.308 e. The van der Waals surface area contributed by atoms with Crippen molar-refractivity contribution in [2.45, 2.75) is 27.2 Å². The van der Waals surface area contributed by atoms with Gasteiger partial charge in [-0.15, -0.1) is 0 Å². The van der Waals surface area contributed by atoms with Crippen LogP contribution >= 0.6 is 0 Å². The van der Waals surface area contributed by atoms with Crippen LogP contribution in [0.1, 0.15) is 27.2 Å². The van der Waals surface area contributed by atoms with Crippen molar-refractivity contribution in [1.82, 2.24) is 5.32 Å². The molecule has 0 saturated heterocycles. The van der Waals surface area contributed by atoms with Crippen molar-refractivity contribution in [2.75, 3.05) is 19.8 Å². The lowest BCUT2D eigenvalue weighted by atomic mass is 9.97. The number of ether oxygens (including phenoxy) is 2. The first-order valence-electron chi connectivity index (χ1n) is 7.78. The molecule has 1 amide bonds. The van der Waals surface area contributed by atoms with Gasteiger partial charge in [-0.3, -0.25) is 9.59 Å². The summed E-state index contributed by atoms with van der Waals surface area (Å²) in [5, 5.41) is 11.7. The first kappa shape index (κ1) is 18.8. The van der Waals surface area contributed by atoms with Crippen molar-refractivity contribution < 1.29 is 24.2 Å². The maximum atomic E-state index is 11.8. The molecule has 0 aromatic heterocycles. The molecular weight excluding hydrogens is 298 g/mol. The van der Waals surface area contributed by atoms with Crippen LogP contribution in [0.5, 0.6) is 11.5 Å². The fourth-order valence-electron chi connectivity index (χ4n) is 2.12. The van der Waals surface area contributed by atoms with E-state index in [2.05, 4.69) is 5.32 Å². The highest BCUT2D eigenvalue weighted by Gasteiger charge is 2.19. The minimum absolute atomic E-state index is 0.100. The number of hydrogen-bond donors (Lipinski definition) is 2. The molecule has 23 heavy (non-hydrogen) atoms. The van der Waals surface area contributed by atoms with Crippen LogP contribution in [0.3, 0.4) is 0 Å². The first-order chi connectivity index (χ1) is 10.9. The number of nitrogens with one attached hydrogen (secondary N) is 1. The summed E-state index contributed by atoms with van der Waals surface area (Å²) in [6.07, 6.45) is 0.518. The van der Waals surface area contributed by atoms with Crippen molar-refractivity contribution in [1.29, 1.82) is 0 Å². The Balaban J connectivity index is 2.46. The van der Waals surface area contributed by atoms with Gasteiger partial charge in [-0.05, 0) is 31.4 Å². The molecule has 0 saturated carbocycles. The van der Waals surface area contributed by atoms with Gasteiger partial charge in [0.05, 0.1) is 12.5 Å². The SMILES string of the molecule is CCOc1ccccc1OCC(=O)NCC(CC(C)C)C(=O)O. The molecule has 0 aliphatic carbocycles. The average molecular weight is 323 g/mol. The fraction of sp³-hybridized carbons (Fsp3) is 0.529. The van der Waals surface area contributed by atoms with E-state index in [9.17, 15) is 9.59 Å². The molecule has 0 aliphatic rings. The van der Waals surface area contributed by atoms with Crippen LogP contribution in [-0.2, 0) is 9.59 Å². The highest BCUT2D eigenvalue weighted by molar-refractivity contribution is 5.78. The summed E-state index contributed by atoms with van der Waals surface area (Å²) in [5.74, 6) is -0.530. The van der Waals surface area contributed by atoms with Gasteiger partial charge < -0.3 is 19.9 Å². The Bertz CT molecular complexity index is 515. The number of rotatable bonds is 10. The van der Waals surface area contributed by atoms with Gasteiger partial charge in [-0.2, -0.15) is 0 Å². The molecule has 0 spiro atoms. The highest BCUT2D eigenvalue weighted by Crippen LogP contribution is 2.26. The van der Waals surface area contributed by atoms with E-state index < -0.39 is 11.9 Å². The third-order valence-corrected chi connectivity index (χ3v) is 3.16. The third-order valence-electron chi connectivity index (χ3n) is 3.16. The van der Waals surface area contributed by atoms with E-state index in [0.29, 0.717) is 24.5 Å². The number of para-hydroxylation sites is 2. The normalized spacial score (nSPS) is 11.8. The zero-order valence-electron chi connectivity index (χ0n) is 13.9. The van der Waals surface area contributed by atoms with Gasteiger partial charge in [0.2, 0.25) is 0 Å². The van der Waals surface area contributed by atoms with Crippen LogP contribution in [0.2, 0.25) is 0 Å². The topological polar surface area (TPSA) is 84.9 Å². The molecule has 0 radical (unpaired) electrons. The summed E-state index contributed by atoms with van der Waals surface area (Å²) < 4.78 is 10.8. The standard InChI is InChI=1S/C17H25NO5/c1-4-22-14-7-5-6-8-15(14)23-11-16(19)18-10-13(17(20)21)9-12(2)3/h5-8,12-13H,4,9-11H2,1-3H3,(H,18,19)(H,20,21). The van der Waals surface area contributed by atoms with Gasteiger partial charge in [-0.1, -0.05) is 26.0 Å². The van der Waals surface area contributed by atoms with E-state index in [0.717, 1.165) is 0 Å². The molecule has 1 aromatic carbocycles. The van der Waals surface area contributed by atoms with Gasteiger partial charge in [0, 0.05) is 6.54 Å². The molecule has 1 rings (SSSR count). The van der Waals surface area contributed by atoms with Crippen LogP contribution < -0.4 is 14.8 Å². The van der Waals surface area contributed by atoms with E-state index in [-0.39, 0.29) is 25.0 Å². The molecule has 1 aromatic rings. The zero-order chi connectivity index (χ0) is 17.2. The van der Waals surface area contributed by atoms with E-state index in [1.54, 1.807) is 18.2 Å². The predicted octanol–water partition coefficient (Wildman–Crippen LogP) is 2.33. The fourth-order valence-corrected chi connectivity index (χ4v) is 2.12. The van der Waals surface area contributed by atoms with Crippen molar-refractivity contribution in [3.8, 4) is 11.5 Å². The molecule has 0 aliphatic heterocycles. The van der Waals surface area contributed by atoms with E-state index in [4.69, 9.17) is 14.6 Å². The van der Waals surface area contributed by atoms with Crippen LogP contribution in [0.25, 0.3) is 0 Å². The number of benzene rings is 1. The minimum atomic E-state index is -0.901. The van der Waals surface area contributed by atoms with Crippen LogP contribution in [0.4, 0.5) is 0 Å². The summed E-state index contributed by atoms with van der Waals surface area (Å²) in [6, 6.07) is 7.09. The number of carboxylic acids is 1. The number of carboxylic acid groups (broad SMARTS) is 1. The molecule has 1 atom stereocenters. The third kappa shape index (κ3) is 7.04. The summed E-state index contributed by atoms with van der Waals surface area (Å²) in [4.78, 5) is 23.0. The van der Waals surface area contributed by atoms with E-state index in [1.165, 1.54) is 0 Å². The Hall–Kier alpha value is -2.24. The van der Waals surface area contributed by atoms with Crippen molar-refractivity contribution >= 4 is 11.9 Å². The Morgan fingerprint density at radius 3 is 2.30 bits per heavy atom. The lowest BCUT2D eigenvalue weighted by Crippen LogP contribution is -2.36. The van der Waals surface area contributed by atoms with Gasteiger partial charge >= 0.3 is 5.97 Å². The Kier molecular flexibility index (Phi) is 7.94. The molecule has 6 heteroatoms. The quantitative estimate of drug-likeness (QED) is 0.690. The van der Waals surface area contributed by atoms with Gasteiger partial charge in [0.1, 0.15) is 0 Å². The van der Waals surface area contributed by atoms with Crippen molar-refractivity contribution in [3.05, 3.63) is 24.3 Å². The molecular formula is C17H25NO5. The lowest BCUT2D eigenvalue weighted by Gasteiger charge is -2.16. The first-order valence-corrected chi connectivity index (χ1v) is 7.78. The van der Waals surface area contributed by atoms with Crippen LogP contribution in [-0.4, -0.2) is 36.7 Å². The Labute approximate surface area is 136 Å². The second-order valence-corrected chi connectivity index (χ2v) is 5.64. The summed E-state index contributed by atoms with van der Waals surface area (Å²) in [7, 11) is 0. The highest BCUT2D eigenvalue weighted by atomic mass is 16.5. The molecule has 1 unspecified atom stereocenters. The molecule has 2 N–H and O–H groups in total. The van der Waals surface area contributed by atoms with Crippen molar-refractivity contribution in [2.24, 2.45) is 11.8 Å². The lowest BCUT2D eigenvalue weighted by molar-refractivity contribution is -0.142. The maximum absolute atomic E-state index is 11.8. The van der Waals surface area contributed by atoms with E-state index >= 15 is 0 Å². The van der Waals surface area contributed by atoms with Crippen LogP contribution in [0, 0.1) is 11.8 Å². The molecule has 128 valence electrons. The predicted molar refractivity (Wildman–Crippen MR) is 86.7 cm³/mol. The molecule has 0 bridgehead atoms. The zero-order valence-corrected chi connectivity index (χ0v) is 13.9. The molecule has 0 fully saturated rings. The molecule has 0 heterocycles. The number of aliphatic carboxylic acids is 1. The van der Waals surface area contributed by atoms with Gasteiger partial charge in [-0.25, -0.2) is 0 Å².